The molecule has 0 bridgehead atoms. The minimum absolute atomic E-state index is 0.0253. The van der Waals surface area contributed by atoms with Crippen molar-refractivity contribution in [3.63, 3.8) is 0 Å². The lowest BCUT2D eigenvalue weighted by Crippen LogP contribution is -2.19. The lowest BCUT2D eigenvalue weighted by molar-refractivity contribution is -0.137. The highest BCUT2D eigenvalue weighted by Crippen LogP contribution is 2.34. The van der Waals surface area contributed by atoms with Crippen LogP contribution < -0.4 is 14.8 Å². The number of carbonyl (C=O) groups is 2. The van der Waals surface area contributed by atoms with E-state index in [1.807, 2.05) is 0 Å². The Kier molecular flexibility index (Phi) is 7.25. The fourth-order valence-corrected chi connectivity index (χ4v) is 3.74. The van der Waals surface area contributed by atoms with Crippen LogP contribution in [0, 0.1) is 0 Å². The number of ether oxygens (including phenoxy) is 2. The molecule has 3 rings (SSSR count). The number of methoxy groups -OCH3 is 1. The van der Waals surface area contributed by atoms with Crippen molar-refractivity contribution < 1.29 is 24.2 Å². The van der Waals surface area contributed by atoms with Gasteiger partial charge in [-0.3, -0.25) is 9.59 Å². The summed E-state index contributed by atoms with van der Waals surface area (Å²) in [6.45, 7) is 0.0253. The van der Waals surface area contributed by atoms with Crippen LogP contribution in [0.1, 0.15) is 12.0 Å². The van der Waals surface area contributed by atoms with Crippen molar-refractivity contribution in [1.29, 1.82) is 0 Å². The number of hydrogen-bond acceptors (Lipinski definition) is 6. The van der Waals surface area contributed by atoms with E-state index in [0.29, 0.717) is 42.9 Å². The molecule has 10 heteroatoms. The number of amidine groups is 1. The number of hydrogen-bond donors (Lipinski definition) is 2. The summed E-state index contributed by atoms with van der Waals surface area (Å²) in [6.07, 6.45) is 1.57. The molecule has 1 aliphatic rings. The third-order valence-corrected chi connectivity index (χ3v) is 5.29. The molecule has 1 heterocycles. The molecule has 0 aromatic heterocycles. The molecule has 1 saturated heterocycles. The number of nitrogens with one attached hydrogen (secondary N) is 1. The van der Waals surface area contributed by atoms with Gasteiger partial charge in [0.25, 0.3) is 5.91 Å². The van der Waals surface area contributed by atoms with Gasteiger partial charge in [0.15, 0.2) is 16.7 Å². The molecule has 2 aromatic rings. The lowest BCUT2D eigenvalue weighted by Gasteiger charge is -2.10. The number of benzene rings is 2. The van der Waals surface area contributed by atoms with Gasteiger partial charge < -0.3 is 19.9 Å². The molecule has 0 atom stereocenters. The van der Waals surface area contributed by atoms with Gasteiger partial charge in [0.05, 0.1) is 35.8 Å². The van der Waals surface area contributed by atoms with Crippen molar-refractivity contribution in [2.24, 2.45) is 4.99 Å². The van der Waals surface area contributed by atoms with E-state index in [2.05, 4.69) is 10.3 Å². The molecular formula is C20H16Cl2N2O5S. The Bertz CT molecular complexity index is 1060. The van der Waals surface area contributed by atoms with Gasteiger partial charge in [0.1, 0.15) is 0 Å². The van der Waals surface area contributed by atoms with Gasteiger partial charge in [-0.2, -0.15) is 0 Å². The number of thioether (sulfide) groups is 1. The highest BCUT2D eigenvalue weighted by molar-refractivity contribution is 8.18. The van der Waals surface area contributed by atoms with Crippen molar-refractivity contribution in [3.8, 4) is 11.5 Å². The van der Waals surface area contributed by atoms with Crippen molar-refractivity contribution in [2.75, 3.05) is 13.7 Å². The van der Waals surface area contributed by atoms with E-state index < -0.39 is 5.97 Å². The van der Waals surface area contributed by atoms with Gasteiger partial charge in [-0.25, -0.2) is 4.99 Å². The van der Waals surface area contributed by atoms with Crippen LogP contribution in [0.4, 0.5) is 5.69 Å². The second-order valence-corrected chi connectivity index (χ2v) is 7.85. The van der Waals surface area contributed by atoms with E-state index >= 15 is 0 Å². The third-order valence-electron chi connectivity index (χ3n) is 3.84. The first kappa shape index (κ1) is 22.0. The Balaban J connectivity index is 1.77. The lowest BCUT2D eigenvalue weighted by atomic mass is 10.2. The summed E-state index contributed by atoms with van der Waals surface area (Å²) in [6, 6.07) is 10.0. The number of aliphatic imine (C=N–C) groups is 1. The molecule has 156 valence electrons. The largest absolute Gasteiger partial charge is 0.493 e. The molecule has 0 unspecified atom stereocenters. The van der Waals surface area contributed by atoms with Gasteiger partial charge in [-0.1, -0.05) is 29.3 Å². The highest BCUT2D eigenvalue weighted by Gasteiger charge is 2.24. The normalized spacial score (nSPS) is 16.0. The number of carboxylic acids is 1. The summed E-state index contributed by atoms with van der Waals surface area (Å²) in [5, 5.41) is 12.7. The van der Waals surface area contributed by atoms with Crippen LogP contribution in [0.3, 0.4) is 0 Å². The zero-order valence-corrected chi connectivity index (χ0v) is 18.0. The SMILES string of the molecule is COc1cc(/C=C2/SC(=Nc3ccc(Cl)cc3Cl)NC2=O)ccc1OCCC(=O)O. The predicted molar refractivity (Wildman–Crippen MR) is 118 cm³/mol. The van der Waals surface area contributed by atoms with Crippen LogP contribution in [0.2, 0.25) is 10.0 Å². The van der Waals surface area contributed by atoms with Crippen molar-refractivity contribution in [2.45, 2.75) is 6.42 Å². The summed E-state index contributed by atoms with van der Waals surface area (Å²) in [5.41, 5.74) is 1.20. The number of amides is 1. The number of aliphatic carboxylic acids is 1. The molecule has 2 aromatic carbocycles. The monoisotopic (exact) mass is 466 g/mol. The van der Waals surface area contributed by atoms with Crippen LogP contribution >= 0.6 is 35.0 Å². The zero-order valence-electron chi connectivity index (χ0n) is 15.6. The maximum Gasteiger partial charge on any atom is 0.306 e. The van der Waals surface area contributed by atoms with Crippen LogP contribution in [0.5, 0.6) is 11.5 Å². The smallest absolute Gasteiger partial charge is 0.306 e. The third kappa shape index (κ3) is 5.69. The Morgan fingerprint density at radius 3 is 2.73 bits per heavy atom. The number of rotatable bonds is 7. The summed E-state index contributed by atoms with van der Waals surface area (Å²) in [5.74, 6) is -0.384. The summed E-state index contributed by atoms with van der Waals surface area (Å²) in [4.78, 5) is 27.7. The van der Waals surface area contributed by atoms with Crippen LogP contribution in [-0.2, 0) is 9.59 Å². The van der Waals surface area contributed by atoms with Crippen LogP contribution in [0.15, 0.2) is 46.3 Å². The van der Waals surface area contributed by atoms with Gasteiger partial charge in [-0.15, -0.1) is 0 Å². The average molecular weight is 467 g/mol. The molecule has 0 aliphatic carbocycles. The molecule has 0 saturated carbocycles. The summed E-state index contributed by atoms with van der Waals surface area (Å²) >= 11 is 13.2. The first-order valence-corrected chi connectivity index (χ1v) is 10.2. The van der Waals surface area contributed by atoms with E-state index in [0.717, 1.165) is 0 Å². The van der Waals surface area contributed by atoms with Gasteiger partial charge in [-0.05, 0) is 53.7 Å². The quantitative estimate of drug-likeness (QED) is 0.571. The Morgan fingerprint density at radius 2 is 2.03 bits per heavy atom. The maximum atomic E-state index is 12.3. The van der Waals surface area contributed by atoms with Crippen molar-refractivity contribution >= 4 is 63.8 Å². The predicted octanol–water partition coefficient (Wildman–Crippen LogP) is 4.75. The molecule has 1 fully saturated rings. The molecule has 0 spiro atoms. The summed E-state index contributed by atoms with van der Waals surface area (Å²) in [7, 11) is 1.48. The topological polar surface area (TPSA) is 97.2 Å². The highest BCUT2D eigenvalue weighted by atomic mass is 35.5. The van der Waals surface area contributed by atoms with Crippen LogP contribution in [0.25, 0.3) is 6.08 Å². The fourth-order valence-electron chi connectivity index (χ4n) is 2.45. The summed E-state index contributed by atoms with van der Waals surface area (Å²) < 4.78 is 10.7. The standard InChI is InChI=1S/C20H16Cl2N2O5S/c1-28-16-8-11(2-5-15(16)29-7-6-18(25)26)9-17-19(27)24-20(30-17)23-14-4-3-12(21)10-13(14)22/h2-5,8-10H,6-7H2,1H3,(H,25,26)(H,23,24,27)/b17-9+. The number of halogens is 2. The van der Waals surface area contributed by atoms with E-state index in [1.165, 1.54) is 18.9 Å². The van der Waals surface area contributed by atoms with Gasteiger partial charge >= 0.3 is 5.97 Å². The second-order valence-electron chi connectivity index (χ2n) is 5.98. The molecule has 0 radical (unpaired) electrons. The molecule has 1 amide bonds. The van der Waals surface area contributed by atoms with Gasteiger partial charge in [0, 0.05) is 5.02 Å². The molecule has 7 nitrogen and oxygen atoms in total. The van der Waals surface area contributed by atoms with E-state index in [9.17, 15) is 9.59 Å². The van der Waals surface area contributed by atoms with Crippen molar-refractivity contribution in [1.82, 2.24) is 5.32 Å². The number of carboxylic acid groups (broad SMARTS) is 1. The number of carbonyl (C=O) groups excluding carboxylic acids is 1. The molecular weight excluding hydrogens is 451 g/mol. The Hall–Kier alpha value is -2.68. The Morgan fingerprint density at radius 1 is 1.23 bits per heavy atom. The number of nitrogens with zero attached hydrogens (tertiary/aromatic N) is 1. The first-order valence-electron chi connectivity index (χ1n) is 8.63. The first-order chi connectivity index (χ1) is 14.4. The minimum Gasteiger partial charge on any atom is -0.493 e. The van der Waals surface area contributed by atoms with E-state index in [4.69, 9.17) is 37.8 Å². The van der Waals surface area contributed by atoms with Crippen LogP contribution in [-0.4, -0.2) is 35.9 Å². The van der Waals surface area contributed by atoms with E-state index in [-0.39, 0.29) is 18.9 Å². The minimum atomic E-state index is -0.947. The van der Waals surface area contributed by atoms with Gasteiger partial charge in [0.2, 0.25) is 0 Å². The second kappa shape index (κ2) is 9.88. The Labute approximate surface area is 186 Å². The zero-order chi connectivity index (χ0) is 21.7. The van der Waals surface area contributed by atoms with Crippen molar-refractivity contribution in [3.05, 3.63) is 56.9 Å². The molecule has 1 aliphatic heterocycles. The fraction of sp³-hybridized carbons (Fsp3) is 0.150. The molecule has 30 heavy (non-hydrogen) atoms. The maximum absolute atomic E-state index is 12.3. The molecule has 2 N–H and O–H groups in total. The average Bonchev–Trinajstić information content (AvgIpc) is 3.03. The van der Waals surface area contributed by atoms with E-state index in [1.54, 1.807) is 42.5 Å².